The molecule has 3 nitrogen and oxygen atoms in total. The number of alkyl halides is 1. The van der Waals surface area contributed by atoms with Crippen molar-refractivity contribution in [2.24, 2.45) is 4.99 Å². The Hall–Kier alpha value is -1.48. The van der Waals surface area contributed by atoms with Crippen LogP contribution < -0.4 is 0 Å². The van der Waals surface area contributed by atoms with Crippen molar-refractivity contribution in [2.45, 2.75) is 5.38 Å². The first-order valence-electron chi connectivity index (χ1n) is 4.45. The highest BCUT2D eigenvalue weighted by molar-refractivity contribution is 6.64. The van der Waals surface area contributed by atoms with E-state index in [1.165, 1.54) is 7.05 Å². The number of benzene rings is 1. The fraction of sp³-hybridized carbons (Fsp3) is 0.182. The molecule has 0 radical (unpaired) electrons. The third-order valence-corrected chi connectivity index (χ3v) is 2.79. The summed E-state index contributed by atoms with van der Waals surface area (Å²) in [7, 11) is 1.46. The van der Waals surface area contributed by atoms with Crippen LogP contribution in [0.4, 0.5) is 0 Å². The maximum absolute atomic E-state index is 11.8. The highest BCUT2D eigenvalue weighted by atomic mass is 35.5. The SMILES string of the molecule is CN=C1C(=O)c2ccccc2C(=O)C1Cl. The Bertz CT molecular complexity index is 479. The van der Waals surface area contributed by atoms with Crippen LogP contribution in [0.15, 0.2) is 29.3 Å². The summed E-state index contributed by atoms with van der Waals surface area (Å²) >= 11 is 5.85. The first-order valence-corrected chi connectivity index (χ1v) is 4.89. The molecule has 0 N–H and O–H groups in total. The molecule has 0 saturated heterocycles. The van der Waals surface area contributed by atoms with Crippen molar-refractivity contribution in [2.75, 3.05) is 7.05 Å². The number of halogens is 1. The molecule has 0 bridgehead atoms. The van der Waals surface area contributed by atoms with Gasteiger partial charge in [0.05, 0.1) is 0 Å². The van der Waals surface area contributed by atoms with E-state index in [0.29, 0.717) is 11.1 Å². The summed E-state index contributed by atoms with van der Waals surface area (Å²) in [6.07, 6.45) is 0. The van der Waals surface area contributed by atoms with E-state index in [2.05, 4.69) is 4.99 Å². The first-order chi connectivity index (χ1) is 7.16. The number of hydrogen-bond donors (Lipinski definition) is 0. The second kappa shape index (κ2) is 3.59. The minimum absolute atomic E-state index is 0.125. The summed E-state index contributed by atoms with van der Waals surface area (Å²) in [5, 5.41) is -0.947. The lowest BCUT2D eigenvalue weighted by atomic mass is 9.88. The third-order valence-electron chi connectivity index (χ3n) is 2.38. The minimum Gasteiger partial charge on any atom is -0.292 e. The maximum Gasteiger partial charge on any atom is 0.209 e. The third kappa shape index (κ3) is 1.39. The van der Waals surface area contributed by atoms with Crippen LogP contribution >= 0.6 is 11.6 Å². The van der Waals surface area contributed by atoms with E-state index in [4.69, 9.17) is 11.6 Å². The van der Waals surface area contributed by atoms with Gasteiger partial charge in [-0.15, -0.1) is 11.6 Å². The highest BCUT2D eigenvalue weighted by Gasteiger charge is 2.36. The monoisotopic (exact) mass is 221 g/mol. The molecule has 0 saturated carbocycles. The van der Waals surface area contributed by atoms with Gasteiger partial charge in [0.25, 0.3) is 0 Å². The van der Waals surface area contributed by atoms with Gasteiger partial charge in [-0.1, -0.05) is 24.3 Å². The second-order valence-electron chi connectivity index (χ2n) is 3.21. The zero-order valence-corrected chi connectivity index (χ0v) is 8.78. The molecule has 1 aromatic rings. The van der Waals surface area contributed by atoms with Gasteiger partial charge >= 0.3 is 0 Å². The summed E-state index contributed by atoms with van der Waals surface area (Å²) in [5.41, 5.74) is 0.898. The van der Waals surface area contributed by atoms with E-state index in [0.717, 1.165) is 0 Å². The van der Waals surface area contributed by atoms with E-state index in [1.807, 2.05) is 0 Å². The maximum atomic E-state index is 11.8. The quantitative estimate of drug-likeness (QED) is 0.627. The molecule has 0 spiro atoms. The van der Waals surface area contributed by atoms with Gasteiger partial charge in [-0.2, -0.15) is 0 Å². The van der Waals surface area contributed by atoms with Crippen molar-refractivity contribution < 1.29 is 9.59 Å². The molecular formula is C11H8ClNO2. The van der Waals surface area contributed by atoms with Gasteiger partial charge in [0.15, 0.2) is 5.78 Å². The lowest BCUT2D eigenvalue weighted by Crippen LogP contribution is -2.37. The molecule has 0 aromatic heterocycles. The minimum atomic E-state index is -0.947. The summed E-state index contributed by atoms with van der Waals surface area (Å²) in [4.78, 5) is 27.4. The smallest absolute Gasteiger partial charge is 0.209 e. The summed E-state index contributed by atoms with van der Waals surface area (Å²) in [6, 6.07) is 6.65. The lowest BCUT2D eigenvalue weighted by molar-refractivity contribution is 0.0967. The van der Waals surface area contributed by atoms with Crippen molar-refractivity contribution in [3.05, 3.63) is 35.4 Å². The molecule has 1 atom stereocenters. The highest BCUT2D eigenvalue weighted by Crippen LogP contribution is 2.22. The van der Waals surface area contributed by atoms with E-state index in [9.17, 15) is 9.59 Å². The number of nitrogens with zero attached hydrogens (tertiary/aromatic N) is 1. The van der Waals surface area contributed by atoms with Gasteiger partial charge in [0.1, 0.15) is 11.1 Å². The molecule has 1 aromatic carbocycles. The fourth-order valence-electron chi connectivity index (χ4n) is 1.62. The second-order valence-corrected chi connectivity index (χ2v) is 3.65. The van der Waals surface area contributed by atoms with E-state index >= 15 is 0 Å². The molecule has 1 aliphatic carbocycles. The van der Waals surface area contributed by atoms with Crippen molar-refractivity contribution in [1.82, 2.24) is 0 Å². The normalized spacial score (nSPS) is 23.1. The number of fused-ring (bicyclic) bond motifs is 1. The predicted molar refractivity (Wildman–Crippen MR) is 58.1 cm³/mol. The average Bonchev–Trinajstić information content (AvgIpc) is 2.27. The molecule has 1 unspecified atom stereocenters. The number of ketones is 2. The first kappa shape index (κ1) is 10.1. The lowest BCUT2D eigenvalue weighted by Gasteiger charge is -2.19. The Morgan fingerprint density at radius 2 is 1.80 bits per heavy atom. The van der Waals surface area contributed by atoms with Gasteiger partial charge in [-0.25, -0.2) is 0 Å². The Balaban J connectivity index is 2.68. The van der Waals surface area contributed by atoms with Crippen molar-refractivity contribution in [1.29, 1.82) is 0 Å². The van der Waals surface area contributed by atoms with Crippen LogP contribution in [0.1, 0.15) is 20.7 Å². The summed E-state index contributed by atoms with van der Waals surface area (Å²) in [5.74, 6) is -0.514. The van der Waals surface area contributed by atoms with E-state index < -0.39 is 5.38 Å². The Morgan fingerprint density at radius 3 is 2.40 bits per heavy atom. The van der Waals surface area contributed by atoms with Crippen molar-refractivity contribution in [3.63, 3.8) is 0 Å². The van der Waals surface area contributed by atoms with Gasteiger partial charge in [0.2, 0.25) is 5.78 Å². The van der Waals surface area contributed by atoms with Crippen LogP contribution in [-0.2, 0) is 0 Å². The number of Topliss-reactive ketones (excluding diaryl/α,β-unsaturated/α-hetero) is 2. The van der Waals surface area contributed by atoms with Crippen molar-refractivity contribution in [3.8, 4) is 0 Å². The van der Waals surface area contributed by atoms with Crippen LogP contribution in [0, 0.1) is 0 Å². The van der Waals surface area contributed by atoms with Gasteiger partial charge in [-0.3, -0.25) is 14.6 Å². The standard InChI is InChI=1S/C11H8ClNO2/c1-13-9-8(12)10(14)6-4-2-3-5-7(6)11(9)15/h2-5,8H,1H3. The van der Waals surface area contributed by atoms with Crippen LogP contribution in [-0.4, -0.2) is 29.7 Å². The number of carbonyl (C=O) groups is 2. The number of carbonyl (C=O) groups excluding carboxylic acids is 2. The van der Waals surface area contributed by atoms with Crippen LogP contribution in [0.3, 0.4) is 0 Å². The summed E-state index contributed by atoms with van der Waals surface area (Å²) in [6.45, 7) is 0. The molecule has 0 heterocycles. The molecule has 0 fully saturated rings. The largest absolute Gasteiger partial charge is 0.292 e. The molecule has 0 amide bonds. The zero-order valence-electron chi connectivity index (χ0n) is 8.03. The predicted octanol–water partition coefficient (Wildman–Crippen LogP) is 1.74. The molecule has 2 rings (SSSR count). The van der Waals surface area contributed by atoms with Gasteiger partial charge in [-0.05, 0) is 0 Å². The van der Waals surface area contributed by atoms with Gasteiger partial charge in [0, 0.05) is 18.2 Å². The van der Waals surface area contributed by atoms with E-state index in [-0.39, 0.29) is 17.3 Å². The van der Waals surface area contributed by atoms with E-state index in [1.54, 1.807) is 24.3 Å². The van der Waals surface area contributed by atoms with Gasteiger partial charge < -0.3 is 0 Å². The molecule has 4 heteroatoms. The average molecular weight is 222 g/mol. The number of aliphatic imine (C=N–C) groups is 1. The summed E-state index contributed by atoms with van der Waals surface area (Å²) < 4.78 is 0. The molecule has 76 valence electrons. The Morgan fingerprint density at radius 1 is 1.20 bits per heavy atom. The van der Waals surface area contributed by atoms with Crippen LogP contribution in [0.25, 0.3) is 0 Å². The Kier molecular flexibility index (Phi) is 2.40. The molecule has 15 heavy (non-hydrogen) atoms. The topological polar surface area (TPSA) is 46.5 Å². The number of rotatable bonds is 0. The molecule has 1 aliphatic rings. The fourth-order valence-corrected chi connectivity index (χ4v) is 1.94. The molecule has 0 aliphatic heterocycles. The van der Waals surface area contributed by atoms with Crippen molar-refractivity contribution >= 4 is 28.9 Å². The zero-order chi connectivity index (χ0) is 11.0. The van der Waals surface area contributed by atoms with Crippen LogP contribution in [0.5, 0.6) is 0 Å². The van der Waals surface area contributed by atoms with Crippen LogP contribution in [0.2, 0.25) is 0 Å². The molecular weight excluding hydrogens is 214 g/mol. The Labute approximate surface area is 91.8 Å². The number of hydrogen-bond acceptors (Lipinski definition) is 3.